The molecule has 0 saturated heterocycles. The van der Waals surface area contributed by atoms with E-state index in [1.54, 1.807) is 19.1 Å². The van der Waals surface area contributed by atoms with Crippen molar-refractivity contribution in [3.05, 3.63) is 28.8 Å². The molecule has 1 atom stereocenters. The van der Waals surface area contributed by atoms with Gasteiger partial charge in [0.25, 0.3) is 0 Å². The quantitative estimate of drug-likeness (QED) is 0.632. The van der Waals surface area contributed by atoms with Gasteiger partial charge in [-0.2, -0.15) is 0 Å². The molecule has 2 rings (SSSR count). The van der Waals surface area contributed by atoms with Gasteiger partial charge in [-0.25, -0.2) is 4.68 Å². The van der Waals surface area contributed by atoms with Gasteiger partial charge < -0.3 is 11.2 Å². The van der Waals surface area contributed by atoms with Crippen molar-refractivity contribution in [2.24, 2.45) is 0 Å². The number of hydrogen-bond donors (Lipinski definition) is 2. The number of carbonyl (C=O) groups is 1. The fourth-order valence-corrected chi connectivity index (χ4v) is 3.08. The molecular formula is C13H16ClN5OS2. The molecule has 1 aromatic heterocycles. The van der Waals surface area contributed by atoms with Gasteiger partial charge in [0, 0.05) is 10.7 Å². The van der Waals surface area contributed by atoms with E-state index in [1.807, 2.05) is 19.2 Å². The Hall–Kier alpha value is -1.38. The minimum absolute atomic E-state index is 0.149. The number of nitrogens with zero attached hydrogens (tertiary/aromatic N) is 3. The molecule has 0 aliphatic rings. The first-order chi connectivity index (χ1) is 10.4. The highest BCUT2D eigenvalue weighted by Crippen LogP contribution is 2.26. The van der Waals surface area contributed by atoms with E-state index in [0.29, 0.717) is 21.0 Å². The molecule has 1 aromatic carbocycles. The molecule has 2 aromatic rings. The van der Waals surface area contributed by atoms with Crippen molar-refractivity contribution in [3.8, 4) is 0 Å². The summed E-state index contributed by atoms with van der Waals surface area (Å²) in [6.45, 7) is 3.64. The maximum atomic E-state index is 12.3. The fourth-order valence-electron chi connectivity index (χ4n) is 1.67. The number of rotatable bonds is 5. The van der Waals surface area contributed by atoms with Crippen LogP contribution < -0.4 is 11.2 Å². The summed E-state index contributed by atoms with van der Waals surface area (Å²) < 4.78 is 1.38. The van der Waals surface area contributed by atoms with E-state index >= 15 is 0 Å². The van der Waals surface area contributed by atoms with Gasteiger partial charge in [-0.1, -0.05) is 41.2 Å². The largest absolute Gasteiger partial charge is 0.335 e. The Bertz CT molecular complexity index is 691. The minimum Gasteiger partial charge on any atom is -0.335 e. The number of carbonyl (C=O) groups excluding carboxylic acids is 1. The smallest absolute Gasteiger partial charge is 0.237 e. The summed E-state index contributed by atoms with van der Waals surface area (Å²) in [4.78, 5) is 12.3. The molecule has 0 aliphatic carbocycles. The summed E-state index contributed by atoms with van der Waals surface area (Å²) in [7, 11) is 0. The lowest BCUT2D eigenvalue weighted by Gasteiger charge is -2.13. The number of anilines is 1. The standard InChI is InChI=1S/C13H16ClN5OS2/c1-7-9(14)5-4-6-10(7)16-11(20)8(2)22-13-18-17-12(21-3)19(13)15/h4-6,8H,15H2,1-3H3,(H,16,20)/t8-/m0/s1. The number of halogens is 1. The van der Waals surface area contributed by atoms with Crippen molar-refractivity contribution >= 4 is 46.7 Å². The van der Waals surface area contributed by atoms with Crippen LogP contribution in [0.15, 0.2) is 28.5 Å². The molecule has 22 heavy (non-hydrogen) atoms. The van der Waals surface area contributed by atoms with E-state index in [1.165, 1.54) is 28.2 Å². The van der Waals surface area contributed by atoms with Gasteiger partial charge in [-0.15, -0.1) is 10.2 Å². The van der Waals surface area contributed by atoms with Gasteiger partial charge in [0.2, 0.25) is 16.2 Å². The first kappa shape index (κ1) is 17.0. The first-order valence-electron chi connectivity index (χ1n) is 6.41. The van der Waals surface area contributed by atoms with Crippen LogP contribution in [0.1, 0.15) is 12.5 Å². The molecule has 0 radical (unpaired) electrons. The van der Waals surface area contributed by atoms with Gasteiger partial charge in [-0.05, 0) is 37.8 Å². The van der Waals surface area contributed by atoms with E-state index in [-0.39, 0.29) is 11.2 Å². The van der Waals surface area contributed by atoms with Crippen molar-refractivity contribution in [2.45, 2.75) is 29.4 Å². The third-order valence-corrected chi connectivity index (χ3v) is 5.10. The van der Waals surface area contributed by atoms with Crippen LogP contribution in [0.3, 0.4) is 0 Å². The number of nitrogens with two attached hydrogens (primary N) is 1. The number of benzene rings is 1. The molecule has 6 nitrogen and oxygen atoms in total. The first-order valence-corrected chi connectivity index (χ1v) is 8.89. The van der Waals surface area contributed by atoms with Crippen LogP contribution in [0.2, 0.25) is 5.02 Å². The Morgan fingerprint density at radius 1 is 1.41 bits per heavy atom. The molecule has 0 spiro atoms. The lowest BCUT2D eigenvalue weighted by atomic mass is 10.2. The number of hydrogen-bond acceptors (Lipinski definition) is 6. The van der Waals surface area contributed by atoms with Gasteiger partial charge in [-0.3, -0.25) is 4.79 Å². The van der Waals surface area contributed by atoms with Gasteiger partial charge in [0.1, 0.15) is 0 Å². The number of amides is 1. The topological polar surface area (TPSA) is 85.8 Å². The Balaban J connectivity index is 2.06. The third kappa shape index (κ3) is 3.68. The van der Waals surface area contributed by atoms with E-state index in [4.69, 9.17) is 17.4 Å². The zero-order valence-corrected chi connectivity index (χ0v) is 14.7. The number of aromatic nitrogens is 3. The summed E-state index contributed by atoms with van der Waals surface area (Å²) in [5.74, 6) is 5.71. The SMILES string of the molecule is CSc1nnc(S[C@@H](C)C(=O)Nc2cccc(Cl)c2C)n1N. The molecular weight excluding hydrogens is 342 g/mol. The van der Waals surface area contributed by atoms with Crippen LogP contribution in [-0.2, 0) is 4.79 Å². The van der Waals surface area contributed by atoms with E-state index in [0.717, 1.165) is 5.56 Å². The normalized spacial score (nSPS) is 12.2. The van der Waals surface area contributed by atoms with Crippen LogP contribution in [0, 0.1) is 6.92 Å². The maximum absolute atomic E-state index is 12.3. The van der Waals surface area contributed by atoms with Crippen molar-refractivity contribution in [3.63, 3.8) is 0 Å². The maximum Gasteiger partial charge on any atom is 0.237 e. The molecule has 1 heterocycles. The molecule has 0 saturated carbocycles. The highest BCUT2D eigenvalue weighted by Gasteiger charge is 2.20. The number of thioether (sulfide) groups is 2. The zero-order chi connectivity index (χ0) is 16.3. The lowest BCUT2D eigenvalue weighted by Crippen LogP contribution is -2.24. The molecule has 0 aliphatic heterocycles. The van der Waals surface area contributed by atoms with E-state index in [9.17, 15) is 4.79 Å². The molecule has 9 heteroatoms. The van der Waals surface area contributed by atoms with Crippen molar-refractivity contribution in [2.75, 3.05) is 17.4 Å². The van der Waals surface area contributed by atoms with Crippen LogP contribution in [0.5, 0.6) is 0 Å². The van der Waals surface area contributed by atoms with Crippen molar-refractivity contribution in [1.29, 1.82) is 0 Å². The monoisotopic (exact) mass is 357 g/mol. The second kappa shape index (κ2) is 7.26. The minimum atomic E-state index is -0.375. The highest BCUT2D eigenvalue weighted by molar-refractivity contribution is 8.00. The number of nitrogen functional groups attached to an aromatic ring is 1. The summed E-state index contributed by atoms with van der Waals surface area (Å²) in [5.41, 5.74) is 1.53. The summed E-state index contributed by atoms with van der Waals surface area (Å²) >= 11 is 8.69. The van der Waals surface area contributed by atoms with E-state index in [2.05, 4.69) is 15.5 Å². The average molecular weight is 358 g/mol. The molecule has 118 valence electrons. The Morgan fingerprint density at radius 3 is 2.73 bits per heavy atom. The second-order valence-electron chi connectivity index (χ2n) is 4.50. The summed E-state index contributed by atoms with van der Waals surface area (Å²) in [5, 5.41) is 12.1. The second-order valence-corrected chi connectivity index (χ2v) is 6.99. The third-order valence-electron chi connectivity index (χ3n) is 2.99. The summed E-state index contributed by atoms with van der Waals surface area (Å²) in [6.07, 6.45) is 1.86. The van der Waals surface area contributed by atoms with Crippen LogP contribution in [-0.4, -0.2) is 32.3 Å². The van der Waals surface area contributed by atoms with Gasteiger partial charge >= 0.3 is 0 Å². The molecule has 1 amide bonds. The molecule has 0 bridgehead atoms. The summed E-state index contributed by atoms with van der Waals surface area (Å²) in [6, 6.07) is 5.39. The van der Waals surface area contributed by atoms with Gasteiger partial charge in [0.15, 0.2) is 0 Å². The molecule has 3 N–H and O–H groups in total. The lowest BCUT2D eigenvalue weighted by molar-refractivity contribution is -0.115. The Morgan fingerprint density at radius 2 is 2.09 bits per heavy atom. The Kier molecular flexibility index (Phi) is 5.60. The van der Waals surface area contributed by atoms with Crippen molar-refractivity contribution in [1.82, 2.24) is 14.9 Å². The van der Waals surface area contributed by atoms with Gasteiger partial charge in [0.05, 0.1) is 5.25 Å². The molecule has 0 unspecified atom stereocenters. The zero-order valence-electron chi connectivity index (χ0n) is 12.3. The van der Waals surface area contributed by atoms with E-state index < -0.39 is 0 Å². The van der Waals surface area contributed by atoms with Crippen LogP contribution in [0.25, 0.3) is 0 Å². The Labute approximate surface area is 142 Å². The average Bonchev–Trinajstić information content (AvgIpc) is 2.84. The predicted molar refractivity (Wildman–Crippen MR) is 92.1 cm³/mol. The molecule has 0 fully saturated rings. The van der Waals surface area contributed by atoms with Crippen LogP contribution in [0.4, 0.5) is 5.69 Å². The number of nitrogens with one attached hydrogen (secondary N) is 1. The van der Waals surface area contributed by atoms with Crippen LogP contribution >= 0.6 is 35.1 Å². The van der Waals surface area contributed by atoms with Crippen molar-refractivity contribution < 1.29 is 4.79 Å². The predicted octanol–water partition coefficient (Wildman–Crippen LogP) is 2.79. The highest BCUT2D eigenvalue weighted by atomic mass is 35.5. The fraction of sp³-hybridized carbons (Fsp3) is 0.308.